The van der Waals surface area contributed by atoms with E-state index in [1.54, 1.807) is 0 Å². The van der Waals surface area contributed by atoms with Crippen LogP contribution in [0.15, 0.2) is 40.4 Å². The fourth-order valence-corrected chi connectivity index (χ4v) is 2.00. The molecule has 0 unspecified atom stereocenters. The maximum atomic E-state index is 12.6. The predicted octanol–water partition coefficient (Wildman–Crippen LogP) is 1.50. The normalized spacial score (nSPS) is 17.2. The van der Waals surface area contributed by atoms with E-state index in [1.165, 1.54) is 24.3 Å². The quantitative estimate of drug-likeness (QED) is 0.805. The fourth-order valence-electron chi connectivity index (χ4n) is 1.15. The van der Waals surface area contributed by atoms with E-state index in [1.807, 2.05) is 0 Å². The van der Waals surface area contributed by atoms with Gasteiger partial charge in [-0.05, 0) is 24.3 Å². The Bertz CT molecular complexity index is 546. The smallest absolute Gasteiger partial charge is 0.212 e. The summed E-state index contributed by atoms with van der Waals surface area (Å²) in [5, 5.41) is 1.04. The van der Waals surface area contributed by atoms with Crippen molar-refractivity contribution in [3.05, 3.63) is 41.2 Å². The van der Waals surface area contributed by atoms with Gasteiger partial charge in [-0.25, -0.2) is 17.8 Å². The van der Waals surface area contributed by atoms with Crippen LogP contribution >= 0.6 is 0 Å². The van der Waals surface area contributed by atoms with Crippen LogP contribution in [0, 0.1) is 5.82 Å². The third kappa shape index (κ3) is 2.66. The lowest BCUT2D eigenvalue weighted by Crippen LogP contribution is -1.98. The summed E-state index contributed by atoms with van der Waals surface area (Å²) in [5.41, 5.74) is 1.19. The van der Waals surface area contributed by atoms with E-state index in [9.17, 15) is 12.8 Å². The van der Waals surface area contributed by atoms with Gasteiger partial charge in [0.05, 0.1) is 11.1 Å². The second-order valence-electron chi connectivity index (χ2n) is 3.18. The molecular formula is C10H8FNO3S. The maximum Gasteiger partial charge on any atom is 0.212 e. The molecule has 16 heavy (non-hydrogen) atoms. The first kappa shape index (κ1) is 10.8. The first-order chi connectivity index (χ1) is 7.55. The van der Waals surface area contributed by atoms with Gasteiger partial charge in [0.15, 0.2) is 0 Å². The van der Waals surface area contributed by atoms with Gasteiger partial charge in [0.25, 0.3) is 0 Å². The van der Waals surface area contributed by atoms with Gasteiger partial charge >= 0.3 is 0 Å². The van der Waals surface area contributed by atoms with Crippen LogP contribution < -0.4 is 4.74 Å². The SMILES string of the molecule is O=S1(=O)C=NC(COc2ccc(F)cc2)=C1. The number of halogens is 1. The van der Waals surface area contributed by atoms with Crippen molar-refractivity contribution >= 4 is 15.4 Å². The summed E-state index contributed by atoms with van der Waals surface area (Å²) in [7, 11) is -3.30. The van der Waals surface area contributed by atoms with Crippen molar-refractivity contribution in [1.29, 1.82) is 0 Å². The summed E-state index contributed by atoms with van der Waals surface area (Å²) in [4.78, 5) is 3.67. The zero-order valence-corrected chi connectivity index (χ0v) is 8.95. The molecule has 0 fully saturated rings. The van der Waals surface area contributed by atoms with Gasteiger partial charge in [0.1, 0.15) is 23.7 Å². The maximum absolute atomic E-state index is 12.6. The Hall–Kier alpha value is -1.69. The largest absolute Gasteiger partial charge is 0.487 e. The van der Waals surface area contributed by atoms with Crippen LogP contribution in [0.4, 0.5) is 4.39 Å². The molecule has 0 saturated heterocycles. The van der Waals surface area contributed by atoms with Crippen molar-refractivity contribution in [2.45, 2.75) is 0 Å². The summed E-state index contributed by atoms with van der Waals surface area (Å²) in [6.45, 7) is 0.0430. The van der Waals surface area contributed by atoms with Crippen molar-refractivity contribution in [1.82, 2.24) is 0 Å². The average Bonchev–Trinajstić information content (AvgIpc) is 2.58. The highest BCUT2D eigenvalue weighted by atomic mass is 32.2. The van der Waals surface area contributed by atoms with Gasteiger partial charge in [-0.1, -0.05) is 0 Å². The molecule has 6 heteroatoms. The molecule has 0 spiro atoms. The molecule has 0 saturated carbocycles. The molecule has 1 aromatic carbocycles. The van der Waals surface area contributed by atoms with Gasteiger partial charge in [0, 0.05) is 0 Å². The van der Waals surface area contributed by atoms with E-state index in [-0.39, 0.29) is 12.4 Å². The van der Waals surface area contributed by atoms with Crippen LogP contribution in [0.2, 0.25) is 0 Å². The first-order valence-corrected chi connectivity index (χ1v) is 6.04. The van der Waals surface area contributed by atoms with Crippen LogP contribution in [0.3, 0.4) is 0 Å². The lowest BCUT2D eigenvalue weighted by Gasteiger charge is -2.03. The molecule has 1 heterocycles. The monoisotopic (exact) mass is 241 g/mol. The minimum Gasteiger partial charge on any atom is -0.487 e. The van der Waals surface area contributed by atoms with Crippen LogP contribution in [0.5, 0.6) is 5.75 Å². The average molecular weight is 241 g/mol. The molecule has 0 N–H and O–H groups in total. The Morgan fingerprint density at radius 2 is 1.94 bits per heavy atom. The van der Waals surface area contributed by atoms with Crippen LogP contribution in [-0.2, 0) is 9.84 Å². The number of rotatable bonds is 3. The Morgan fingerprint density at radius 3 is 2.50 bits per heavy atom. The van der Waals surface area contributed by atoms with E-state index in [0.717, 1.165) is 11.0 Å². The first-order valence-electron chi connectivity index (χ1n) is 4.43. The Morgan fingerprint density at radius 1 is 1.25 bits per heavy atom. The second-order valence-corrected chi connectivity index (χ2v) is 4.80. The van der Waals surface area contributed by atoms with Gasteiger partial charge < -0.3 is 4.74 Å². The Kier molecular flexibility index (Phi) is 2.74. The predicted molar refractivity (Wildman–Crippen MR) is 57.4 cm³/mol. The van der Waals surface area contributed by atoms with Crippen LogP contribution in [-0.4, -0.2) is 20.6 Å². The van der Waals surface area contributed by atoms with Crippen molar-refractivity contribution < 1.29 is 17.5 Å². The minimum absolute atomic E-state index is 0.0430. The Labute approximate surface area is 92.0 Å². The highest BCUT2D eigenvalue weighted by Gasteiger charge is 2.13. The van der Waals surface area contributed by atoms with Gasteiger partial charge in [-0.15, -0.1) is 0 Å². The number of hydrogen-bond acceptors (Lipinski definition) is 4. The fraction of sp³-hybridized carbons (Fsp3) is 0.100. The van der Waals surface area contributed by atoms with Crippen molar-refractivity contribution in [2.75, 3.05) is 6.61 Å². The van der Waals surface area contributed by atoms with Gasteiger partial charge in [-0.3, -0.25) is 0 Å². The summed E-state index contributed by atoms with van der Waals surface area (Å²) in [5.74, 6) is 0.106. The van der Waals surface area contributed by atoms with Gasteiger partial charge in [0.2, 0.25) is 9.84 Å². The molecule has 4 nitrogen and oxygen atoms in total. The number of hydrogen-bond donors (Lipinski definition) is 0. The van der Waals surface area contributed by atoms with E-state index in [4.69, 9.17) is 4.74 Å². The number of ether oxygens (including phenoxy) is 1. The summed E-state index contributed by atoms with van der Waals surface area (Å²) >= 11 is 0. The molecule has 1 aliphatic heterocycles. The molecule has 0 aromatic heterocycles. The molecule has 0 atom stereocenters. The number of aliphatic imine (C=N–C) groups is 1. The van der Waals surface area contributed by atoms with E-state index in [0.29, 0.717) is 11.4 Å². The molecule has 0 aliphatic carbocycles. The lowest BCUT2D eigenvalue weighted by atomic mass is 10.3. The van der Waals surface area contributed by atoms with Crippen molar-refractivity contribution in [3.63, 3.8) is 0 Å². The van der Waals surface area contributed by atoms with Crippen molar-refractivity contribution in [3.8, 4) is 5.75 Å². The van der Waals surface area contributed by atoms with Gasteiger partial charge in [-0.2, -0.15) is 0 Å². The van der Waals surface area contributed by atoms with Crippen LogP contribution in [0.25, 0.3) is 0 Å². The van der Waals surface area contributed by atoms with E-state index in [2.05, 4.69) is 4.99 Å². The lowest BCUT2D eigenvalue weighted by molar-refractivity contribution is 0.350. The third-order valence-electron chi connectivity index (χ3n) is 1.87. The molecule has 2 rings (SSSR count). The number of benzene rings is 1. The summed E-state index contributed by atoms with van der Waals surface area (Å²) < 4.78 is 39.7. The Balaban J connectivity index is 1.99. The zero-order chi connectivity index (χ0) is 11.6. The highest BCUT2D eigenvalue weighted by Crippen LogP contribution is 2.14. The van der Waals surface area contributed by atoms with E-state index < -0.39 is 9.84 Å². The molecule has 84 valence electrons. The molecule has 1 aromatic rings. The molecule has 0 bridgehead atoms. The molecule has 1 aliphatic rings. The number of nitrogens with zero attached hydrogens (tertiary/aromatic N) is 1. The zero-order valence-electron chi connectivity index (χ0n) is 8.13. The summed E-state index contributed by atoms with van der Waals surface area (Å²) in [6.07, 6.45) is 0. The third-order valence-corrected chi connectivity index (χ3v) is 2.87. The molecular weight excluding hydrogens is 233 g/mol. The van der Waals surface area contributed by atoms with E-state index >= 15 is 0 Å². The minimum atomic E-state index is -3.30. The molecule has 0 radical (unpaired) electrons. The summed E-state index contributed by atoms with van der Waals surface area (Å²) in [6, 6.07) is 5.45. The van der Waals surface area contributed by atoms with Crippen molar-refractivity contribution in [2.24, 2.45) is 4.99 Å². The standard InChI is InChI=1S/C10H8FNO3S/c11-8-1-3-10(4-2-8)15-5-9-6-16(13,14)7-12-9/h1-4,6-7H,5H2. The molecule has 0 amide bonds. The number of sulfone groups is 1. The highest BCUT2D eigenvalue weighted by molar-refractivity contribution is 8.07. The second kappa shape index (κ2) is 4.05. The van der Waals surface area contributed by atoms with Crippen LogP contribution in [0.1, 0.15) is 0 Å². The topological polar surface area (TPSA) is 55.7 Å².